The van der Waals surface area contributed by atoms with E-state index in [4.69, 9.17) is 9.15 Å². The highest BCUT2D eigenvalue weighted by Gasteiger charge is 2.09. The first kappa shape index (κ1) is 15.3. The summed E-state index contributed by atoms with van der Waals surface area (Å²) >= 11 is 0. The molecule has 0 bridgehead atoms. The maximum Gasteiger partial charge on any atom is 0.141 e. The summed E-state index contributed by atoms with van der Waals surface area (Å²) in [4.78, 5) is 7.82. The van der Waals surface area contributed by atoms with E-state index in [1.165, 1.54) is 0 Å². The first-order valence-electron chi connectivity index (χ1n) is 8.15. The summed E-state index contributed by atoms with van der Waals surface area (Å²) in [6.07, 6.45) is 5.22. The smallest absolute Gasteiger partial charge is 0.141 e. The van der Waals surface area contributed by atoms with Crippen molar-refractivity contribution in [2.75, 3.05) is 0 Å². The van der Waals surface area contributed by atoms with Gasteiger partial charge in [-0.25, -0.2) is 4.98 Å². The van der Waals surface area contributed by atoms with Crippen molar-refractivity contribution in [3.05, 3.63) is 84.4 Å². The molecule has 0 saturated carbocycles. The highest BCUT2D eigenvalue weighted by atomic mass is 16.5. The lowest BCUT2D eigenvalue weighted by molar-refractivity contribution is 0.304. The Kier molecular flexibility index (Phi) is 4.09. The molecule has 2 aromatic carbocycles. The van der Waals surface area contributed by atoms with E-state index >= 15 is 0 Å². The molecule has 0 atom stereocenters. The second kappa shape index (κ2) is 6.69. The Hall–Kier alpha value is -3.27. The third-order valence-corrected chi connectivity index (χ3v) is 4.08. The number of rotatable bonds is 5. The summed E-state index contributed by atoms with van der Waals surface area (Å²) in [5.74, 6) is 1.68. The van der Waals surface area contributed by atoms with Gasteiger partial charge in [-0.3, -0.25) is 0 Å². The zero-order valence-electron chi connectivity index (χ0n) is 13.9. The Morgan fingerprint density at radius 1 is 1.04 bits per heavy atom. The number of benzene rings is 2. The van der Waals surface area contributed by atoms with Crippen LogP contribution in [0.5, 0.6) is 5.75 Å². The molecule has 0 spiro atoms. The van der Waals surface area contributed by atoms with Crippen molar-refractivity contribution >= 4 is 0 Å². The van der Waals surface area contributed by atoms with Gasteiger partial charge < -0.3 is 14.1 Å². The Bertz CT molecular complexity index is 957. The van der Waals surface area contributed by atoms with E-state index in [9.17, 15) is 0 Å². The van der Waals surface area contributed by atoms with Crippen LogP contribution in [0.15, 0.2) is 77.7 Å². The molecule has 1 N–H and O–H groups in total. The van der Waals surface area contributed by atoms with Gasteiger partial charge in [0.25, 0.3) is 0 Å². The maximum absolute atomic E-state index is 5.94. The minimum atomic E-state index is 0.564. The number of nitrogens with one attached hydrogen (secondary N) is 1. The summed E-state index contributed by atoms with van der Waals surface area (Å²) in [5, 5.41) is 0. The Morgan fingerprint density at radius 2 is 1.92 bits per heavy atom. The number of furan rings is 1. The number of aromatic amines is 1. The molecular formula is C21H18N2O2. The summed E-state index contributed by atoms with van der Waals surface area (Å²) in [7, 11) is 0. The summed E-state index contributed by atoms with van der Waals surface area (Å²) < 4.78 is 11.0. The number of aryl methyl sites for hydroxylation is 1. The molecule has 2 aromatic heterocycles. The fraction of sp³-hybridized carbons (Fsp3) is 0.0952. The van der Waals surface area contributed by atoms with Gasteiger partial charge in [0.05, 0.1) is 17.5 Å². The van der Waals surface area contributed by atoms with E-state index in [0.29, 0.717) is 6.61 Å². The first-order chi connectivity index (χ1) is 12.3. The van der Waals surface area contributed by atoms with Crippen LogP contribution in [0.2, 0.25) is 0 Å². The van der Waals surface area contributed by atoms with Crippen LogP contribution in [-0.4, -0.2) is 9.97 Å². The van der Waals surface area contributed by atoms with Crippen LogP contribution in [0.25, 0.3) is 22.6 Å². The molecule has 4 aromatic rings. The van der Waals surface area contributed by atoms with Crippen LogP contribution >= 0.6 is 0 Å². The molecule has 25 heavy (non-hydrogen) atoms. The summed E-state index contributed by atoms with van der Waals surface area (Å²) in [6.45, 7) is 2.61. The molecule has 0 fully saturated rings. The lowest BCUT2D eigenvalue weighted by atomic mass is 10.1. The third-order valence-electron chi connectivity index (χ3n) is 4.08. The number of ether oxygens (including phenoxy) is 1. The lowest BCUT2D eigenvalue weighted by Crippen LogP contribution is -1.97. The largest absolute Gasteiger partial charge is 0.489 e. The van der Waals surface area contributed by atoms with Crippen molar-refractivity contribution in [2.45, 2.75) is 13.5 Å². The van der Waals surface area contributed by atoms with E-state index in [0.717, 1.165) is 39.5 Å². The van der Waals surface area contributed by atoms with Crippen LogP contribution < -0.4 is 4.74 Å². The highest BCUT2D eigenvalue weighted by Crippen LogP contribution is 2.27. The molecule has 0 aliphatic rings. The van der Waals surface area contributed by atoms with Crippen LogP contribution in [0.4, 0.5) is 0 Å². The van der Waals surface area contributed by atoms with Gasteiger partial charge in [-0.05, 0) is 42.3 Å². The summed E-state index contributed by atoms with van der Waals surface area (Å²) in [5.41, 5.74) is 5.12. The topological polar surface area (TPSA) is 51.0 Å². The summed E-state index contributed by atoms with van der Waals surface area (Å²) in [6, 6.07) is 18.2. The van der Waals surface area contributed by atoms with Crippen molar-refractivity contribution < 1.29 is 9.15 Å². The average Bonchev–Trinajstić information content (AvgIpc) is 3.33. The van der Waals surface area contributed by atoms with Gasteiger partial charge in [0.15, 0.2) is 0 Å². The molecule has 124 valence electrons. The molecular weight excluding hydrogens is 312 g/mol. The van der Waals surface area contributed by atoms with Gasteiger partial charge in [0, 0.05) is 11.8 Å². The second-order valence-electron chi connectivity index (χ2n) is 5.90. The SMILES string of the molecule is Cc1cc(-c2c[nH]c(-c3ccoc3)n2)ccc1OCc1ccccc1. The molecule has 0 aliphatic heterocycles. The van der Waals surface area contributed by atoms with Crippen LogP contribution in [0, 0.1) is 6.92 Å². The molecule has 4 rings (SSSR count). The monoisotopic (exact) mass is 330 g/mol. The highest BCUT2D eigenvalue weighted by molar-refractivity contribution is 5.65. The van der Waals surface area contributed by atoms with Crippen LogP contribution in [0.1, 0.15) is 11.1 Å². The van der Waals surface area contributed by atoms with E-state index in [1.807, 2.05) is 49.5 Å². The molecule has 4 nitrogen and oxygen atoms in total. The van der Waals surface area contributed by atoms with E-state index in [-0.39, 0.29) is 0 Å². The van der Waals surface area contributed by atoms with Gasteiger partial charge in [-0.1, -0.05) is 30.3 Å². The molecule has 0 unspecified atom stereocenters. The zero-order chi connectivity index (χ0) is 17.1. The number of hydrogen-bond acceptors (Lipinski definition) is 3. The predicted molar refractivity (Wildman–Crippen MR) is 97.2 cm³/mol. The van der Waals surface area contributed by atoms with Crippen molar-refractivity contribution in [2.24, 2.45) is 0 Å². The van der Waals surface area contributed by atoms with Crippen molar-refractivity contribution in [3.8, 4) is 28.4 Å². The van der Waals surface area contributed by atoms with E-state index in [1.54, 1.807) is 12.5 Å². The molecule has 0 aliphatic carbocycles. The van der Waals surface area contributed by atoms with E-state index < -0.39 is 0 Å². The van der Waals surface area contributed by atoms with Crippen molar-refractivity contribution in [3.63, 3.8) is 0 Å². The quantitative estimate of drug-likeness (QED) is 0.545. The predicted octanol–water partition coefficient (Wildman–Crippen LogP) is 5.22. The lowest BCUT2D eigenvalue weighted by Gasteiger charge is -2.10. The Morgan fingerprint density at radius 3 is 2.68 bits per heavy atom. The maximum atomic E-state index is 5.94. The Labute approximate surface area is 146 Å². The van der Waals surface area contributed by atoms with Crippen molar-refractivity contribution in [1.82, 2.24) is 9.97 Å². The second-order valence-corrected chi connectivity index (χ2v) is 5.90. The fourth-order valence-corrected chi connectivity index (χ4v) is 2.72. The van der Waals surface area contributed by atoms with Crippen molar-refractivity contribution in [1.29, 1.82) is 0 Å². The zero-order valence-corrected chi connectivity index (χ0v) is 13.9. The molecule has 0 saturated heterocycles. The number of aromatic nitrogens is 2. The minimum Gasteiger partial charge on any atom is -0.489 e. The molecule has 2 heterocycles. The normalized spacial score (nSPS) is 10.8. The number of H-pyrrole nitrogens is 1. The molecule has 0 radical (unpaired) electrons. The van der Waals surface area contributed by atoms with E-state index in [2.05, 4.69) is 28.2 Å². The standard InChI is InChI=1S/C21H18N2O2/c1-15-11-17(19-12-22-21(23-19)18-9-10-24-14-18)7-8-20(15)25-13-16-5-3-2-4-6-16/h2-12,14H,13H2,1H3,(H,22,23). The third kappa shape index (κ3) is 3.33. The van der Waals surface area contributed by atoms with Gasteiger partial charge in [-0.15, -0.1) is 0 Å². The number of nitrogens with zero attached hydrogens (tertiary/aromatic N) is 1. The fourth-order valence-electron chi connectivity index (χ4n) is 2.72. The van der Waals surface area contributed by atoms with Gasteiger partial charge in [-0.2, -0.15) is 0 Å². The van der Waals surface area contributed by atoms with Crippen LogP contribution in [0.3, 0.4) is 0 Å². The Balaban J connectivity index is 1.52. The van der Waals surface area contributed by atoms with Gasteiger partial charge >= 0.3 is 0 Å². The van der Waals surface area contributed by atoms with Gasteiger partial charge in [0.1, 0.15) is 24.4 Å². The molecule has 4 heteroatoms. The minimum absolute atomic E-state index is 0.564. The average molecular weight is 330 g/mol. The van der Waals surface area contributed by atoms with Gasteiger partial charge in [0.2, 0.25) is 0 Å². The van der Waals surface area contributed by atoms with Crippen LogP contribution in [-0.2, 0) is 6.61 Å². The number of imidazole rings is 1. The first-order valence-corrected chi connectivity index (χ1v) is 8.15. The molecule has 0 amide bonds. The number of hydrogen-bond donors (Lipinski definition) is 1.